The SMILES string of the molecule is C=Cc1[nH]cc(CCCNCCOc2ccccc2)c1/C=C\C.CC. The quantitative estimate of drug-likeness (QED) is 0.574. The summed E-state index contributed by atoms with van der Waals surface area (Å²) in [5.74, 6) is 0.926. The summed E-state index contributed by atoms with van der Waals surface area (Å²) in [7, 11) is 0. The zero-order valence-electron chi connectivity index (χ0n) is 15.8. The molecule has 0 unspecified atom stereocenters. The Morgan fingerprint density at radius 1 is 1.16 bits per heavy atom. The summed E-state index contributed by atoms with van der Waals surface area (Å²) in [5.41, 5.74) is 3.71. The van der Waals surface area contributed by atoms with Crippen LogP contribution in [-0.4, -0.2) is 24.7 Å². The van der Waals surface area contributed by atoms with E-state index in [2.05, 4.69) is 35.2 Å². The van der Waals surface area contributed by atoms with Gasteiger partial charge in [-0.05, 0) is 50.1 Å². The predicted molar refractivity (Wildman–Crippen MR) is 110 cm³/mol. The average Bonchev–Trinajstić information content (AvgIpc) is 3.05. The molecule has 0 saturated heterocycles. The van der Waals surface area contributed by atoms with Gasteiger partial charge in [0.15, 0.2) is 0 Å². The fraction of sp³-hybridized carbons (Fsp3) is 0.364. The second-order valence-electron chi connectivity index (χ2n) is 5.36. The number of aryl methyl sites for hydroxylation is 1. The molecule has 0 atom stereocenters. The van der Waals surface area contributed by atoms with Crippen molar-refractivity contribution in [2.75, 3.05) is 19.7 Å². The number of aromatic amines is 1. The zero-order valence-corrected chi connectivity index (χ0v) is 15.8. The van der Waals surface area contributed by atoms with Crippen molar-refractivity contribution in [3.63, 3.8) is 0 Å². The van der Waals surface area contributed by atoms with E-state index < -0.39 is 0 Å². The van der Waals surface area contributed by atoms with Gasteiger partial charge in [0, 0.05) is 24.0 Å². The molecule has 0 fully saturated rings. The molecule has 1 aromatic heterocycles. The minimum atomic E-state index is 0.693. The minimum Gasteiger partial charge on any atom is -0.492 e. The molecule has 0 bridgehead atoms. The van der Waals surface area contributed by atoms with Gasteiger partial charge in [-0.15, -0.1) is 0 Å². The lowest BCUT2D eigenvalue weighted by molar-refractivity contribution is 0.314. The van der Waals surface area contributed by atoms with Crippen LogP contribution in [0.4, 0.5) is 0 Å². The van der Waals surface area contributed by atoms with Crippen LogP contribution < -0.4 is 10.1 Å². The van der Waals surface area contributed by atoms with Crippen LogP contribution in [0.25, 0.3) is 12.2 Å². The summed E-state index contributed by atoms with van der Waals surface area (Å²) < 4.78 is 5.65. The zero-order chi connectivity index (χ0) is 18.3. The van der Waals surface area contributed by atoms with Crippen LogP contribution in [-0.2, 0) is 6.42 Å². The Hall–Kier alpha value is -2.26. The molecule has 136 valence electrons. The van der Waals surface area contributed by atoms with E-state index in [1.165, 1.54) is 11.1 Å². The van der Waals surface area contributed by atoms with Crippen molar-refractivity contribution in [1.82, 2.24) is 10.3 Å². The highest BCUT2D eigenvalue weighted by atomic mass is 16.5. The smallest absolute Gasteiger partial charge is 0.119 e. The van der Waals surface area contributed by atoms with Crippen molar-refractivity contribution in [3.05, 3.63) is 66.0 Å². The third kappa shape index (κ3) is 7.44. The molecule has 0 saturated carbocycles. The van der Waals surface area contributed by atoms with Crippen LogP contribution in [0.15, 0.2) is 49.2 Å². The Kier molecular flexibility index (Phi) is 10.9. The van der Waals surface area contributed by atoms with Crippen molar-refractivity contribution in [3.8, 4) is 5.75 Å². The number of H-pyrrole nitrogens is 1. The third-order valence-corrected chi connectivity index (χ3v) is 3.67. The molecule has 0 aliphatic heterocycles. The first-order valence-corrected chi connectivity index (χ1v) is 9.19. The number of ether oxygens (including phenoxy) is 1. The molecular formula is C22H32N2O. The third-order valence-electron chi connectivity index (χ3n) is 3.67. The lowest BCUT2D eigenvalue weighted by Crippen LogP contribution is -2.22. The topological polar surface area (TPSA) is 37.0 Å². The summed E-state index contributed by atoms with van der Waals surface area (Å²) in [6.07, 6.45) is 10.3. The maximum Gasteiger partial charge on any atom is 0.119 e. The molecule has 0 amide bonds. The molecule has 25 heavy (non-hydrogen) atoms. The highest BCUT2D eigenvalue weighted by Crippen LogP contribution is 2.18. The summed E-state index contributed by atoms with van der Waals surface area (Å²) in [6.45, 7) is 12.4. The second kappa shape index (κ2) is 13.1. The molecule has 0 spiro atoms. The van der Waals surface area contributed by atoms with Gasteiger partial charge in [0.05, 0.1) is 0 Å². The number of hydrogen-bond donors (Lipinski definition) is 2. The number of nitrogens with one attached hydrogen (secondary N) is 2. The molecule has 3 nitrogen and oxygen atoms in total. The van der Waals surface area contributed by atoms with Crippen molar-refractivity contribution in [2.24, 2.45) is 0 Å². The van der Waals surface area contributed by atoms with Crippen molar-refractivity contribution < 1.29 is 4.74 Å². The Bertz CT molecular complexity index is 614. The van der Waals surface area contributed by atoms with Gasteiger partial charge in [-0.1, -0.05) is 50.8 Å². The number of hydrogen-bond acceptors (Lipinski definition) is 2. The van der Waals surface area contributed by atoms with Gasteiger partial charge in [-0.2, -0.15) is 0 Å². The van der Waals surface area contributed by atoms with Gasteiger partial charge < -0.3 is 15.0 Å². The lowest BCUT2D eigenvalue weighted by Gasteiger charge is -2.07. The Labute approximate surface area is 152 Å². The van der Waals surface area contributed by atoms with Crippen LogP contribution in [0.5, 0.6) is 5.75 Å². The molecule has 2 N–H and O–H groups in total. The van der Waals surface area contributed by atoms with E-state index in [0.29, 0.717) is 6.61 Å². The molecular weight excluding hydrogens is 308 g/mol. The first-order valence-electron chi connectivity index (χ1n) is 9.19. The van der Waals surface area contributed by atoms with Gasteiger partial charge in [0.2, 0.25) is 0 Å². The normalized spacial score (nSPS) is 10.4. The van der Waals surface area contributed by atoms with E-state index in [9.17, 15) is 0 Å². The van der Waals surface area contributed by atoms with Crippen molar-refractivity contribution in [2.45, 2.75) is 33.6 Å². The first kappa shape index (κ1) is 20.8. The molecule has 1 heterocycles. The number of allylic oxidation sites excluding steroid dienone is 1. The summed E-state index contributed by atoms with van der Waals surface area (Å²) in [5, 5.41) is 3.42. The number of para-hydroxylation sites is 1. The standard InChI is InChI=1S/C20H26N2O.C2H6/c1-3-9-19-17(16-22-20(19)4-2)10-8-13-21-14-15-23-18-11-6-5-7-12-18;1-2/h3-7,9,11-12,16,21-22H,2,8,10,13-15H2,1H3;1-2H3/b9-3-;. The maximum absolute atomic E-state index is 5.65. The molecule has 3 heteroatoms. The molecule has 0 radical (unpaired) electrons. The van der Waals surface area contributed by atoms with Crippen LogP contribution in [0.2, 0.25) is 0 Å². The number of rotatable bonds is 10. The monoisotopic (exact) mass is 340 g/mol. The molecule has 2 aromatic rings. The predicted octanol–water partition coefficient (Wildman–Crippen LogP) is 5.32. The first-order chi connectivity index (χ1) is 12.3. The van der Waals surface area contributed by atoms with Gasteiger partial charge in [0.25, 0.3) is 0 Å². The van der Waals surface area contributed by atoms with Crippen LogP contribution in [0, 0.1) is 0 Å². The van der Waals surface area contributed by atoms with Gasteiger partial charge >= 0.3 is 0 Å². The molecule has 2 rings (SSSR count). The summed E-state index contributed by atoms with van der Waals surface area (Å²) in [4.78, 5) is 3.28. The Balaban J connectivity index is 0.00000151. The van der Waals surface area contributed by atoms with E-state index in [4.69, 9.17) is 4.74 Å². The van der Waals surface area contributed by atoms with E-state index in [0.717, 1.165) is 37.4 Å². The highest BCUT2D eigenvalue weighted by molar-refractivity contribution is 5.65. The average molecular weight is 341 g/mol. The largest absolute Gasteiger partial charge is 0.492 e. The molecule has 1 aromatic carbocycles. The lowest BCUT2D eigenvalue weighted by atomic mass is 10.1. The van der Waals surface area contributed by atoms with E-state index in [-0.39, 0.29) is 0 Å². The van der Waals surface area contributed by atoms with E-state index in [1.54, 1.807) is 0 Å². The molecule has 0 aliphatic rings. The second-order valence-corrected chi connectivity index (χ2v) is 5.36. The Morgan fingerprint density at radius 2 is 1.92 bits per heavy atom. The van der Waals surface area contributed by atoms with E-state index >= 15 is 0 Å². The summed E-state index contributed by atoms with van der Waals surface area (Å²) in [6, 6.07) is 9.92. The highest BCUT2D eigenvalue weighted by Gasteiger charge is 2.05. The van der Waals surface area contributed by atoms with Gasteiger partial charge in [0.1, 0.15) is 12.4 Å². The van der Waals surface area contributed by atoms with Gasteiger partial charge in [-0.25, -0.2) is 0 Å². The minimum absolute atomic E-state index is 0.693. The number of aromatic nitrogens is 1. The fourth-order valence-corrected chi connectivity index (χ4v) is 2.52. The van der Waals surface area contributed by atoms with Crippen LogP contribution in [0.3, 0.4) is 0 Å². The van der Waals surface area contributed by atoms with Crippen LogP contribution in [0.1, 0.15) is 44.0 Å². The number of benzene rings is 1. The maximum atomic E-state index is 5.65. The fourth-order valence-electron chi connectivity index (χ4n) is 2.52. The van der Waals surface area contributed by atoms with Crippen molar-refractivity contribution in [1.29, 1.82) is 0 Å². The Morgan fingerprint density at radius 3 is 2.60 bits per heavy atom. The van der Waals surface area contributed by atoms with Crippen molar-refractivity contribution >= 4 is 12.2 Å². The molecule has 0 aliphatic carbocycles. The van der Waals surface area contributed by atoms with Crippen LogP contribution >= 0.6 is 0 Å². The van der Waals surface area contributed by atoms with Gasteiger partial charge in [-0.3, -0.25) is 0 Å². The summed E-state index contributed by atoms with van der Waals surface area (Å²) >= 11 is 0. The van der Waals surface area contributed by atoms with E-state index in [1.807, 2.05) is 57.2 Å².